The standard InChI is InChI=1S/C6H5BrClN3/c7-4-2-11-5(8)1-3(4)6(9)10/h1-2H,(H3,9,10). The van der Waals surface area contributed by atoms with Crippen molar-refractivity contribution in [2.24, 2.45) is 5.73 Å². The van der Waals surface area contributed by atoms with Crippen LogP contribution in [0.2, 0.25) is 5.15 Å². The highest BCUT2D eigenvalue weighted by atomic mass is 79.9. The van der Waals surface area contributed by atoms with Crippen molar-refractivity contribution in [3.05, 3.63) is 27.5 Å². The fourth-order valence-electron chi connectivity index (χ4n) is 0.620. The molecular formula is C6H5BrClN3. The molecule has 1 aromatic rings. The topological polar surface area (TPSA) is 62.8 Å². The number of aromatic nitrogens is 1. The summed E-state index contributed by atoms with van der Waals surface area (Å²) in [5.74, 6) is -0.0267. The zero-order valence-electron chi connectivity index (χ0n) is 5.44. The molecule has 58 valence electrons. The van der Waals surface area contributed by atoms with Gasteiger partial charge in [0.05, 0.1) is 0 Å². The lowest BCUT2D eigenvalue weighted by Gasteiger charge is -2.00. The zero-order chi connectivity index (χ0) is 8.43. The molecule has 3 nitrogen and oxygen atoms in total. The van der Waals surface area contributed by atoms with E-state index >= 15 is 0 Å². The van der Waals surface area contributed by atoms with Crippen molar-refractivity contribution in [3.8, 4) is 0 Å². The van der Waals surface area contributed by atoms with Crippen molar-refractivity contribution in [2.75, 3.05) is 0 Å². The van der Waals surface area contributed by atoms with Crippen LogP contribution in [-0.4, -0.2) is 10.8 Å². The van der Waals surface area contributed by atoms with Crippen LogP contribution in [0.4, 0.5) is 0 Å². The van der Waals surface area contributed by atoms with Gasteiger partial charge in [0.2, 0.25) is 0 Å². The number of hydrogen-bond acceptors (Lipinski definition) is 2. The molecule has 1 heterocycles. The summed E-state index contributed by atoms with van der Waals surface area (Å²) in [7, 11) is 0. The summed E-state index contributed by atoms with van der Waals surface area (Å²) in [6, 6.07) is 1.54. The molecule has 1 rings (SSSR count). The van der Waals surface area contributed by atoms with Crippen LogP contribution in [0.5, 0.6) is 0 Å². The Balaban J connectivity index is 3.23. The number of nitrogens with two attached hydrogens (primary N) is 1. The number of amidine groups is 1. The monoisotopic (exact) mass is 233 g/mol. The molecule has 0 amide bonds. The normalized spacial score (nSPS) is 9.64. The van der Waals surface area contributed by atoms with Gasteiger partial charge in [-0.05, 0) is 22.0 Å². The van der Waals surface area contributed by atoms with Gasteiger partial charge in [0.15, 0.2) is 0 Å². The summed E-state index contributed by atoms with van der Waals surface area (Å²) in [5, 5.41) is 7.47. The van der Waals surface area contributed by atoms with E-state index in [4.69, 9.17) is 22.7 Å². The minimum atomic E-state index is -0.0267. The summed E-state index contributed by atoms with van der Waals surface area (Å²) in [5.41, 5.74) is 5.81. The van der Waals surface area contributed by atoms with Gasteiger partial charge < -0.3 is 5.73 Å². The van der Waals surface area contributed by atoms with Gasteiger partial charge in [-0.15, -0.1) is 0 Å². The summed E-state index contributed by atoms with van der Waals surface area (Å²) in [6.07, 6.45) is 1.51. The average Bonchev–Trinajstić information content (AvgIpc) is 1.94. The number of nitrogen functional groups attached to an aromatic ring is 1. The first-order valence-electron chi connectivity index (χ1n) is 2.76. The molecule has 0 aliphatic heterocycles. The molecule has 0 bridgehead atoms. The van der Waals surface area contributed by atoms with Gasteiger partial charge >= 0.3 is 0 Å². The van der Waals surface area contributed by atoms with E-state index < -0.39 is 0 Å². The lowest BCUT2D eigenvalue weighted by Crippen LogP contribution is -2.11. The Hall–Kier alpha value is -0.610. The van der Waals surface area contributed by atoms with Gasteiger partial charge in [0, 0.05) is 16.2 Å². The minimum Gasteiger partial charge on any atom is -0.384 e. The van der Waals surface area contributed by atoms with E-state index in [9.17, 15) is 0 Å². The fourth-order valence-corrected chi connectivity index (χ4v) is 1.21. The Labute approximate surface area is 77.2 Å². The quantitative estimate of drug-likeness (QED) is 0.442. The smallest absolute Gasteiger partial charge is 0.129 e. The van der Waals surface area contributed by atoms with Crippen molar-refractivity contribution < 1.29 is 0 Å². The van der Waals surface area contributed by atoms with Crippen LogP contribution in [0.1, 0.15) is 5.56 Å². The van der Waals surface area contributed by atoms with Crippen LogP contribution >= 0.6 is 27.5 Å². The highest BCUT2D eigenvalue weighted by Gasteiger charge is 2.03. The summed E-state index contributed by atoms with van der Waals surface area (Å²) < 4.78 is 0.675. The lowest BCUT2D eigenvalue weighted by molar-refractivity contribution is 1.28. The average molecular weight is 234 g/mol. The maximum atomic E-state index is 7.13. The van der Waals surface area contributed by atoms with Crippen LogP contribution in [0.15, 0.2) is 16.7 Å². The number of nitrogens with one attached hydrogen (secondary N) is 1. The zero-order valence-corrected chi connectivity index (χ0v) is 7.78. The second-order valence-electron chi connectivity index (χ2n) is 1.90. The van der Waals surface area contributed by atoms with E-state index in [2.05, 4.69) is 20.9 Å². The summed E-state index contributed by atoms with van der Waals surface area (Å²) in [4.78, 5) is 3.79. The van der Waals surface area contributed by atoms with Crippen LogP contribution in [0.25, 0.3) is 0 Å². The third kappa shape index (κ3) is 1.91. The van der Waals surface area contributed by atoms with Crippen molar-refractivity contribution in [3.63, 3.8) is 0 Å². The molecule has 1 aromatic heterocycles. The predicted molar refractivity (Wildman–Crippen MR) is 48.0 cm³/mol. The van der Waals surface area contributed by atoms with Crippen molar-refractivity contribution in [2.45, 2.75) is 0 Å². The molecule has 0 saturated heterocycles. The first kappa shape index (κ1) is 8.49. The molecule has 0 unspecified atom stereocenters. The van der Waals surface area contributed by atoms with Gasteiger partial charge in [-0.3, -0.25) is 5.41 Å². The van der Waals surface area contributed by atoms with Crippen molar-refractivity contribution >= 4 is 33.4 Å². The summed E-state index contributed by atoms with van der Waals surface area (Å²) in [6.45, 7) is 0. The van der Waals surface area contributed by atoms with E-state index in [0.717, 1.165) is 0 Å². The maximum Gasteiger partial charge on any atom is 0.129 e. The number of nitrogens with zero attached hydrogens (tertiary/aromatic N) is 1. The van der Waals surface area contributed by atoms with Crippen LogP contribution in [0, 0.1) is 5.41 Å². The third-order valence-corrected chi connectivity index (χ3v) is 1.95. The molecule has 0 radical (unpaired) electrons. The first-order valence-corrected chi connectivity index (χ1v) is 3.94. The minimum absolute atomic E-state index is 0.0267. The molecule has 0 aromatic carbocycles. The Morgan fingerprint density at radius 1 is 1.73 bits per heavy atom. The molecule has 0 atom stereocenters. The number of halogens is 2. The van der Waals surface area contributed by atoms with Gasteiger partial charge in [0.25, 0.3) is 0 Å². The van der Waals surface area contributed by atoms with Crippen LogP contribution in [0.3, 0.4) is 0 Å². The Kier molecular flexibility index (Phi) is 2.46. The highest BCUT2D eigenvalue weighted by molar-refractivity contribution is 9.10. The second kappa shape index (κ2) is 3.19. The largest absolute Gasteiger partial charge is 0.384 e. The summed E-state index contributed by atoms with van der Waals surface area (Å²) >= 11 is 8.77. The number of rotatable bonds is 1. The molecule has 11 heavy (non-hydrogen) atoms. The van der Waals surface area contributed by atoms with Crippen molar-refractivity contribution in [1.29, 1.82) is 5.41 Å². The SMILES string of the molecule is N=C(N)c1cc(Cl)ncc1Br. The molecule has 0 saturated carbocycles. The molecule has 5 heteroatoms. The second-order valence-corrected chi connectivity index (χ2v) is 3.14. The van der Waals surface area contributed by atoms with Gasteiger partial charge in [0.1, 0.15) is 11.0 Å². The van der Waals surface area contributed by atoms with Gasteiger partial charge in [-0.25, -0.2) is 4.98 Å². The van der Waals surface area contributed by atoms with E-state index in [1.807, 2.05) is 0 Å². The van der Waals surface area contributed by atoms with E-state index in [0.29, 0.717) is 15.2 Å². The molecule has 0 aliphatic carbocycles. The third-order valence-electron chi connectivity index (χ3n) is 1.11. The van der Waals surface area contributed by atoms with Crippen LogP contribution < -0.4 is 5.73 Å². The lowest BCUT2D eigenvalue weighted by atomic mass is 10.2. The molecule has 0 fully saturated rings. The first-order chi connectivity index (χ1) is 5.11. The highest BCUT2D eigenvalue weighted by Crippen LogP contribution is 2.17. The number of hydrogen-bond donors (Lipinski definition) is 2. The Bertz CT molecular complexity index is 300. The van der Waals surface area contributed by atoms with E-state index in [-0.39, 0.29) is 5.84 Å². The maximum absolute atomic E-state index is 7.13. The molecule has 3 N–H and O–H groups in total. The van der Waals surface area contributed by atoms with Gasteiger partial charge in [-0.2, -0.15) is 0 Å². The van der Waals surface area contributed by atoms with E-state index in [1.54, 1.807) is 0 Å². The molecule has 0 aliphatic rings. The van der Waals surface area contributed by atoms with E-state index in [1.165, 1.54) is 12.3 Å². The molecular weight excluding hydrogens is 229 g/mol. The predicted octanol–water partition coefficient (Wildman–Crippen LogP) is 1.78. The fraction of sp³-hybridized carbons (Fsp3) is 0. The molecule has 0 spiro atoms. The van der Waals surface area contributed by atoms with Crippen LogP contribution in [-0.2, 0) is 0 Å². The van der Waals surface area contributed by atoms with Gasteiger partial charge in [-0.1, -0.05) is 11.6 Å². The Morgan fingerprint density at radius 3 is 2.82 bits per heavy atom. The van der Waals surface area contributed by atoms with Crippen molar-refractivity contribution in [1.82, 2.24) is 4.98 Å². The Morgan fingerprint density at radius 2 is 2.36 bits per heavy atom. The number of pyridine rings is 1.